The van der Waals surface area contributed by atoms with Gasteiger partial charge in [0.1, 0.15) is 10.8 Å². The minimum absolute atomic E-state index is 0.636. The summed E-state index contributed by atoms with van der Waals surface area (Å²) < 4.78 is 5.62. The van der Waals surface area contributed by atoms with E-state index >= 15 is 0 Å². The van der Waals surface area contributed by atoms with Crippen molar-refractivity contribution in [3.8, 4) is 16.3 Å². The van der Waals surface area contributed by atoms with Gasteiger partial charge in [-0.25, -0.2) is 4.98 Å². The molecule has 1 aliphatic rings. The minimum atomic E-state index is 0.636. The largest absolute Gasteiger partial charge is 0.494 e. The maximum atomic E-state index is 5.64. The molecule has 112 valence electrons. The molecule has 0 bridgehead atoms. The van der Waals surface area contributed by atoms with Crippen LogP contribution in [0.3, 0.4) is 0 Å². The molecule has 0 saturated carbocycles. The number of aromatic nitrogens is 1. The first kappa shape index (κ1) is 14.8. The van der Waals surface area contributed by atoms with Crippen molar-refractivity contribution in [1.29, 1.82) is 0 Å². The Bertz CT molecular complexity index is 597. The standard InChI is InChI=1S/C16H19ClN2OS/c1-19-9-7-14-15(11-19)21-16(18-14)12-3-5-13(6-4-12)20-10-2-8-17/h3-6H,2,7-11H2,1H3. The van der Waals surface area contributed by atoms with Gasteiger partial charge in [0, 0.05) is 35.8 Å². The predicted molar refractivity (Wildman–Crippen MR) is 88.4 cm³/mol. The van der Waals surface area contributed by atoms with Gasteiger partial charge in [0.2, 0.25) is 0 Å². The van der Waals surface area contributed by atoms with Crippen LogP contribution >= 0.6 is 22.9 Å². The molecule has 1 aromatic carbocycles. The van der Waals surface area contributed by atoms with Crippen LogP contribution in [-0.4, -0.2) is 36.0 Å². The zero-order chi connectivity index (χ0) is 14.7. The molecule has 0 N–H and O–H groups in total. The monoisotopic (exact) mass is 322 g/mol. The van der Waals surface area contributed by atoms with Gasteiger partial charge >= 0.3 is 0 Å². The predicted octanol–water partition coefficient (Wildman–Crippen LogP) is 3.81. The Labute approximate surface area is 134 Å². The molecule has 5 heteroatoms. The molecule has 0 spiro atoms. The van der Waals surface area contributed by atoms with Crippen LogP contribution in [-0.2, 0) is 13.0 Å². The minimum Gasteiger partial charge on any atom is -0.494 e. The van der Waals surface area contributed by atoms with Gasteiger partial charge < -0.3 is 9.64 Å². The number of benzene rings is 1. The second kappa shape index (κ2) is 6.77. The molecule has 0 unspecified atom stereocenters. The van der Waals surface area contributed by atoms with Gasteiger partial charge in [-0.05, 0) is 37.7 Å². The average molecular weight is 323 g/mol. The maximum Gasteiger partial charge on any atom is 0.123 e. The highest BCUT2D eigenvalue weighted by molar-refractivity contribution is 7.15. The Kier molecular flexibility index (Phi) is 4.78. The number of nitrogens with zero attached hydrogens (tertiary/aromatic N) is 2. The molecule has 2 aromatic rings. The van der Waals surface area contributed by atoms with Crippen LogP contribution < -0.4 is 4.74 Å². The molecule has 0 aliphatic carbocycles. The lowest BCUT2D eigenvalue weighted by atomic mass is 10.2. The lowest BCUT2D eigenvalue weighted by molar-refractivity contribution is 0.314. The van der Waals surface area contributed by atoms with Crippen molar-refractivity contribution in [1.82, 2.24) is 9.88 Å². The Hall–Kier alpha value is -1.10. The van der Waals surface area contributed by atoms with Gasteiger partial charge in [-0.1, -0.05) is 0 Å². The first-order valence-electron chi connectivity index (χ1n) is 7.22. The van der Waals surface area contributed by atoms with E-state index in [1.807, 2.05) is 23.5 Å². The number of alkyl halides is 1. The van der Waals surface area contributed by atoms with Crippen LogP contribution in [0.2, 0.25) is 0 Å². The summed E-state index contributed by atoms with van der Waals surface area (Å²) in [4.78, 5) is 8.54. The van der Waals surface area contributed by atoms with Crippen molar-refractivity contribution in [2.24, 2.45) is 0 Å². The van der Waals surface area contributed by atoms with Crippen LogP contribution in [0.25, 0.3) is 10.6 Å². The van der Waals surface area contributed by atoms with Crippen LogP contribution in [0.5, 0.6) is 5.75 Å². The lowest BCUT2D eigenvalue weighted by Crippen LogP contribution is -2.25. The lowest BCUT2D eigenvalue weighted by Gasteiger charge is -2.20. The van der Waals surface area contributed by atoms with E-state index in [2.05, 4.69) is 24.1 Å². The number of rotatable bonds is 5. The van der Waals surface area contributed by atoms with E-state index < -0.39 is 0 Å². The molecule has 0 atom stereocenters. The number of ether oxygens (including phenoxy) is 1. The number of hydrogen-bond acceptors (Lipinski definition) is 4. The Balaban J connectivity index is 1.72. The molecule has 0 fully saturated rings. The Morgan fingerprint density at radius 3 is 2.90 bits per heavy atom. The summed E-state index contributed by atoms with van der Waals surface area (Å²) in [7, 11) is 2.16. The number of thiazole rings is 1. The Morgan fingerprint density at radius 2 is 2.14 bits per heavy atom. The van der Waals surface area contributed by atoms with Crippen LogP contribution in [0.1, 0.15) is 17.0 Å². The number of hydrogen-bond donors (Lipinski definition) is 0. The highest BCUT2D eigenvalue weighted by atomic mass is 35.5. The van der Waals surface area contributed by atoms with E-state index in [-0.39, 0.29) is 0 Å². The van der Waals surface area contributed by atoms with E-state index in [0.29, 0.717) is 12.5 Å². The Morgan fingerprint density at radius 1 is 1.33 bits per heavy atom. The molecule has 2 heterocycles. The third-order valence-electron chi connectivity index (χ3n) is 3.57. The summed E-state index contributed by atoms with van der Waals surface area (Å²) in [6.07, 6.45) is 1.93. The summed E-state index contributed by atoms with van der Waals surface area (Å²) in [5.74, 6) is 1.53. The summed E-state index contributed by atoms with van der Waals surface area (Å²) in [6, 6.07) is 8.19. The number of likely N-dealkylation sites (N-methyl/N-ethyl adjacent to an activating group) is 1. The van der Waals surface area contributed by atoms with E-state index in [0.717, 1.165) is 36.7 Å². The maximum absolute atomic E-state index is 5.64. The molecular weight excluding hydrogens is 304 g/mol. The molecule has 1 aromatic heterocycles. The molecule has 0 radical (unpaired) electrons. The van der Waals surface area contributed by atoms with E-state index in [1.165, 1.54) is 16.1 Å². The average Bonchev–Trinajstić information content (AvgIpc) is 2.91. The highest BCUT2D eigenvalue weighted by Crippen LogP contribution is 2.32. The third kappa shape index (κ3) is 3.57. The zero-order valence-corrected chi connectivity index (χ0v) is 13.7. The van der Waals surface area contributed by atoms with Gasteiger partial charge in [-0.15, -0.1) is 22.9 Å². The van der Waals surface area contributed by atoms with Gasteiger partial charge in [-0.2, -0.15) is 0 Å². The highest BCUT2D eigenvalue weighted by Gasteiger charge is 2.18. The molecular formula is C16H19ClN2OS. The van der Waals surface area contributed by atoms with Crippen LogP contribution in [0.4, 0.5) is 0 Å². The smallest absolute Gasteiger partial charge is 0.123 e. The molecule has 21 heavy (non-hydrogen) atoms. The van der Waals surface area contributed by atoms with Crippen molar-refractivity contribution in [2.45, 2.75) is 19.4 Å². The van der Waals surface area contributed by atoms with Gasteiger partial charge in [0.25, 0.3) is 0 Å². The summed E-state index contributed by atoms with van der Waals surface area (Å²) in [6.45, 7) is 2.79. The molecule has 0 amide bonds. The van der Waals surface area contributed by atoms with Gasteiger partial charge in [0.05, 0.1) is 12.3 Å². The van der Waals surface area contributed by atoms with Gasteiger partial charge in [0.15, 0.2) is 0 Å². The van der Waals surface area contributed by atoms with Crippen LogP contribution in [0, 0.1) is 0 Å². The first-order chi connectivity index (χ1) is 10.3. The van der Waals surface area contributed by atoms with Crippen molar-refractivity contribution in [2.75, 3.05) is 26.1 Å². The van der Waals surface area contributed by atoms with Crippen molar-refractivity contribution < 1.29 is 4.74 Å². The molecule has 0 saturated heterocycles. The summed E-state index contributed by atoms with van der Waals surface area (Å²) in [5.41, 5.74) is 2.44. The third-order valence-corrected chi connectivity index (χ3v) is 4.97. The first-order valence-corrected chi connectivity index (χ1v) is 8.57. The van der Waals surface area contributed by atoms with E-state index in [1.54, 1.807) is 0 Å². The number of fused-ring (bicyclic) bond motifs is 1. The van der Waals surface area contributed by atoms with Crippen LogP contribution in [0.15, 0.2) is 24.3 Å². The molecule has 1 aliphatic heterocycles. The van der Waals surface area contributed by atoms with Crippen molar-refractivity contribution >= 4 is 22.9 Å². The normalized spacial score (nSPS) is 15.0. The number of halogens is 1. The fraction of sp³-hybridized carbons (Fsp3) is 0.438. The fourth-order valence-electron chi connectivity index (χ4n) is 2.38. The quantitative estimate of drug-likeness (QED) is 0.618. The second-order valence-corrected chi connectivity index (χ2v) is 6.75. The second-order valence-electron chi connectivity index (χ2n) is 5.29. The van der Waals surface area contributed by atoms with Crippen molar-refractivity contribution in [3.05, 3.63) is 34.8 Å². The SMILES string of the molecule is CN1CCc2nc(-c3ccc(OCCCCl)cc3)sc2C1. The molecule has 3 nitrogen and oxygen atoms in total. The fourth-order valence-corrected chi connectivity index (χ4v) is 3.69. The van der Waals surface area contributed by atoms with Gasteiger partial charge in [-0.3, -0.25) is 0 Å². The van der Waals surface area contributed by atoms with E-state index in [4.69, 9.17) is 21.3 Å². The van der Waals surface area contributed by atoms with E-state index in [9.17, 15) is 0 Å². The summed E-state index contributed by atoms with van der Waals surface area (Å²) >= 11 is 7.45. The summed E-state index contributed by atoms with van der Waals surface area (Å²) in [5, 5.41) is 1.11. The molecule has 3 rings (SSSR count). The zero-order valence-electron chi connectivity index (χ0n) is 12.1. The topological polar surface area (TPSA) is 25.4 Å². The van der Waals surface area contributed by atoms with Crippen molar-refractivity contribution in [3.63, 3.8) is 0 Å².